The Hall–Kier alpha value is -3.00. The Bertz CT molecular complexity index is 825. The summed E-state index contributed by atoms with van der Waals surface area (Å²) in [4.78, 5) is 23.7. The summed E-state index contributed by atoms with van der Waals surface area (Å²) in [6.07, 6.45) is 3.77. The molecular weight excluding hydrogens is 358 g/mol. The van der Waals surface area contributed by atoms with Gasteiger partial charge in [-0.1, -0.05) is 26.3 Å². The third-order valence-corrected chi connectivity index (χ3v) is 4.26. The molecule has 1 aromatic carbocycles. The Morgan fingerprint density at radius 3 is 2.82 bits per heavy atom. The van der Waals surface area contributed by atoms with E-state index in [1.165, 1.54) is 7.11 Å². The van der Waals surface area contributed by atoms with E-state index in [1.807, 2.05) is 19.9 Å². The van der Waals surface area contributed by atoms with Gasteiger partial charge in [-0.05, 0) is 31.0 Å². The fraction of sp³-hybridized carbons (Fsp3) is 0.400. The molecule has 0 radical (unpaired) electrons. The second kappa shape index (κ2) is 10.4. The molecule has 0 fully saturated rings. The van der Waals surface area contributed by atoms with Crippen LogP contribution in [0, 0.1) is 0 Å². The van der Waals surface area contributed by atoms with Gasteiger partial charge in [0.1, 0.15) is 0 Å². The van der Waals surface area contributed by atoms with Crippen LogP contribution in [0.25, 0.3) is 11.1 Å². The predicted molar refractivity (Wildman–Crippen MR) is 109 cm³/mol. The first-order valence-electron chi connectivity index (χ1n) is 9.44. The van der Waals surface area contributed by atoms with Crippen molar-refractivity contribution >= 4 is 23.4 Å². The zero-order valence-electron chi connectivity index (χ0n) is 16.5. The highest BCUT2D eigenvalue weighted by atomic mass is 16.5. The van der Waals surface area contributed by atoms with Crippen LogP contribution in [-0.2, 0) is 9.53 Å². The van der Waals surface area contributed by atoms with Crippen molar-refractivity contribution in [1.82, 2.24) is 10.2 Å². The van der Waals surface area contributed by atoms with Crippen LogP contribution in [0.4, 0.5) is 16.2 Å². The molecule has 2 amide bonds. The van der Waals surface area contributed by atoms with E-state index in [0.29, 0.717) is 17.8 Å². The van der Waals surface area contributed by atoms with Gasteiger partial charge in [-0.3, -0.25) is 10.1 Å². The highest BCUT2D eigenvalue weighted by Gasteiger charge is 2.16. The molecule has 2 bridgehead atoms. The number of benzene rings is 1. The van der Waals surface area contributed by atoms with Crippen molar-refractivity contribution in [2.75, 3.05) is 17.7 Å². The molecule has 1 aliphatic rings. The Morgan fingerprint density at radius 1 is 1.29 bits per heavy atom. The molecule has 2 aromatic rings. The molecule has 0 saturated heterocycles. The zero-order valence-corrected chi connectivity index (χ0v) is 16.5. The minimum atomic E-state index is -0.580. The molecule has 28 heavy (non-hydrogen) atoms. The van der Waals surface area contributed by atoms with E-state index in [-0.39, 0.29) is 11.9 Å². The molecular formula is C20H27N5O3. The fourth-order valence-corrected chi connectivity index (χ4v) is 2.87. The van der Waals surface area contributed by atoms with E-state index in [2.05, 4.69) is 25.6 Å². The Kier molecular flexibility index (Phi) is 7.88. The molecule has 0 saturated carbocycles. The number of anilines is 2. The van der Waals surface area contributed by atoms with E-state index in [1.54, 1.807) is 24.4 Å². The number of rotatable bonds is 1. The van der Waals surface area contributed by atoms with Gasteiger partial charge in [0.2, 0.25) is 5.91 Å². The molecule has 1 aromatic heterocycles. The maximum absolute atomic E-state index is 12.3. The first kappa shape index (κ1) is 21.3. The van der Waals surface area contributed by atoms with Crippen molar-refractivity contribution in [3.05, 3.63) is 36.2 Å². The van der Waals surface area contributed by atoms with Gasteiger partial charge in [0.05, 0.1) is 24.7 Å². The first-order valence-corrected chi connectivity index (χ1v) is 9.44. The van der Waals surface area contributed by atoms with Crippen molar-refractivity contribution in [2.24, 2.45) is 5.73 Å². The third kappa shape index (κ3) is 5.50. The van der Waals surface area contributed by atoms with E-state index < -0.39 is 6.09 Å². The lowest BCUT2D eigenvalue weighted by molar-refractivity contribution is -0.116. The number of carbonyl (C=O) groups excluding carboxylic acids is 2. The summed E-state index contributed by atoms with van der Waals surface area (Å²) in [6.45, 7) is 4.00. The number of nitrogens with two attached hydrogens (primary N) is 1. The number of methoxy groups -OCH3 is 1. The van der Waals surface area contributed by atoms with Gasteiger partial charge in [-0.25, -0.2) is 4.79 Å². The summed E-state index contributed by atoms with van der Waals surface area (Å²) in [5.74, 6) is -0.0853. The molecule has 3 rings (SSSR count). The van der Waals surface area contributed by atoms with Gasteiger partial charge in [0.25, 0.3) is 0 Å². The van der Waals surface area contributed by atoms with Crippen LogP contribution in [-0.4, -0.2) is 29.3 Å². The van der Waals surface area contributed by atoms with Crippen LogP contribution in [0.5, 0.6) is 0 Å². The molecule has 0 spiro atoms. The number of carbonyl (C=O) groups is 2. The van der Waals surface area contributed by atoms with Gasteiger partial charge in [-0.2, -0.15) is 10.2 Å². The summed E-state index contributed by atoms with van der Waals surface area (Å²) in [6, 6.07) is 6.90. The van der Waals surface area contributed by atoms with Gasteiger partial charge < -0.3 is 15.8 Å². The number of amides is 2. The number of nitrogens with zero attached hydrogens (tertiary/aromatic N) is 2. The second-order valence-corrected chi connectivity index (χ2v) is 6.15. The summed E-state index contributed by atoms with van der Waals surface area (Å²) in [7, 11) is 1.29. The standard InChI is InChI=1S/C18H21N5O3.C2H6/c1-26-18(25)21-12-6-7-13-11-8-16(23-20-10-11)14(19)4-2-3-5-17(24)22-15(13)9-12;1-2/h6-10,14H,2-5,19H2,1H3,(H,21,25)(H,22,24);1-2H3. The van der Waals surface area contributed by atoms with E-state index in [9.17, 15) is 9.59 Å². The van der Waals surface area contributed by atoms with E-state index >= 15 is 0 Å². The van der Waals surface area contributed by atoms with Gasteiger partial charge in [-0.15, -0.1) is 0 Å². The monoisotopic (exact) mass is 385 g/mol. The normalized spacial score (nSPS) is 16.1. The highest BCUT2D eigenvalue weighted by molar-refractivity contribution is 5.97. The minimum absolute atomic E-state index is 0.0853. The number of ether oxygens (including phenoxy) is 1. The number of aromatic nitrogens is 2. The maximum atomic E-state index is 12.3. The van der Waals surface area contributed by atoms with Crippen LogP contribution in [0.3, 0.4) is 0 Å². The Morgan fingerprint density at radius 2 is 2.07 bits per heavy atom. The van der Waals surface area contributed by atoms with Crippen LogP contribution < -0.4 is 16.4 Å². The van der Waals surface area contributed by atoms with E-state index in [4.69, 9.17) is 5.73 Å². The van der Waals surface area contributed by atoms with Crippen LogP contribution >= 0.6 is 0 Å². The third-order valence-electron chi connectivity index (χ3n) is 4.26. The minimum Gasteiger partial charge on any atom is -0.453 e. The van der Waals surface area contributed by atoms with Crippen molar-refractivity contribution in [3.63, 3.8) is 0 Å². The maximum Gasteiger partial charge on any atom is 0.411 e. The van der Waals surface area contributed by atoms with Crippen molar-refractivity contribution in [2.45, 2.75) is 45.6 Å². The second-order valence-electron chi connectivity index (χ2n) is 6.15. The molecule has 8 heteroatoms. The summed E-state index contributed by atoms with van der Waals surface area (Å²) in [5, 5.41) is 13.7. The van der Waals surface area contributed by atoms with Crippen LogP contribution in [0.2, 0.25) is 0 Å². The number of fused-ring (bicyclic) bond motifs is 4. The topological polar surface area (TPSA) is 119 Å². The molecule has 150 valence electrons. The SMILES string of the molecule is CC.COC(=O)Nc1ccc2c(c1)NC(=O)CCCCC(N)c1cc-2cnn1. The van der Waals surface area contributed by atoms with Crippen molar-refractivity contribution < 1.29 is 14.3 Å². The average Bonchev–Trinajstić information content (AvgIpc) is 2.72. The lowest BCUT2D eigenvalue weighted by Crippen LogP contribution is -2.16. The van der Waals surface area contributed by atoms with E-state index in [0.717, 1.165) is 36.1 Å². The number of nitrogens with one attached hydrogen (secondary N) is 2. The van der Waals surface area contributed by atoms with Crippen LogP contribution in [0.1, 0.15) is 51.3 Å². The van der Waals surface area contributed by atoms with Gasteiger partial charge in [0, 0.05) is 29.3 Å². The summed E-state index contributed by atoms with van der Waals surface area (Å²) in [5.41, 5.74) is 9.59. The molecule has 0 aliphatic carbocycles. The fourth-order valence-electron chi connectivity index (χ4n) is 2.87. The molecule has 1 aliphatic heterocycles. The first-order chi connectivity index (χ1) is 13.6. The predicted octanol–water partition coefficient (Wildman–Crippen LogP) is 3.86. The van der Waals surface area contributed by atoms with Gasteiger partial charge in [0.15, 0.2) is 0 Å². The summed E-state index contributed by atoms with van der Waals surface area (Å²) < 4.78 is 4.61. The lowest BCUT2D eigenvalue weighted by Gasteiger charge is -2.17. The molecule has 4 N–H and O–H groups in total. The Balaban J connectivity index is 0.00000136. The molecule has 1 unspecified atom stereocenters. The van der Waals surface area contributed by atoms with Crippen LogP contribution in [0.15, 0.2) is 30.5 Å². The molecule has 1 atom stereocenters. The Labute approximate surface area is 164 Å². The van der Waals surface area contributed by atoms with Crippen molar-refractivity contribution in [3.8, 4) is 11.1 Å². The summed E-state index contributed by atoms with van der Waals surface area (Å²) >= 11 is 0. The largest absolute Gasteiger partial charge is 0.453 e. The van der Waals surface area contributed by atoms with Crippen molar-refractivity contribution in [1.29, 1.82) is 0 Å². The average molecular weight is 385 g/mol. The zero-order chi connectivity index (χ0) is 20.5. The lowest BCUT2D eigenvalue weighted by atomic mass is 9.99. The highest BCUT2D eigenvalue weighted by Crippen LogP contribution is 2.32. The molecule has 8 nitrogen and oxygen atoms in total. The van der Waals surface area contributed by atoms with Gasteiger partial charge >= 0.3 is 6.09 Å². The number of hydrogen-bond donors (Lipinski definition) is 3. The smallest absolute Gasteiger partial charge is 0.411 e. The molecule has 2 heterocycles. The quantitative estimate of drug-likeness (QED) is 0.686. The number of hydrogen-bond acceptors (Lipinski definition) is 6.